The number of rotatable bonds is 1. The molecule has 0 aliphatic heterocycles. The standard InChI is InChI=1S/C9H13O/c1-7-4-5-9(10-3)8(2)6-7/h5-6H,4H2,1-3H3/q+1. The smallest absolute Gasteiger partial charge is 0.283 e. The van der Waals surface area contributed by atoms with E-state index in [-0.39, 0.29) is 0 Å². The molecule has 0 amide bonds. The van der Waals surface area contributed by atoms with Crippen LogP contribution in [0.25, 0.3) is 0 Å². The van der Waals surface area contributed by atoms with Crippen molar-refractivity contribution in [3.63, 3.8) is 0 Å². The summed E-state index contributed by atoms with van der Waals surface area (Å²) in [5, 5.41) is 0. The molecule has 0 aromatic rings. The maximum absolute atomic E-state index is 5.13. The quantitative estimate of drug-likeness (QED) is 0.504. The van der Waals surface area contributed by atoms with Crippen molar-refractivity contribution < 1.29 is 4.74 Å². The third kappa shape index (κ3) is 1.35. The predicted molar refractivity (Wildman–Crippen MR) is 42.4 cm³/mol. The largest absolute Gasteiger partial charge is 0.465 e. The lowest BCUT2D eigenvalue weighted by Gasteiger charge is -2.05. The van der Waals surface area contributed by atoms with Gasteiger partial charge in [-0.1, -0.05) is 0 Å². The third-order valence-electron chi connectivity index (χ3n) is 1.68. The molecule has 0 aromatic carbocycles. The molecule has 0 unspecified atom stereocenters. The molecule has 0 heterocycles. The van der Waals surface area contributed by atoms with E-state index in [2.05, 4.69) is 26.3 Å². The minimum Gasteiger partial charge on any atom is -0.465 e. The molecule has 0 spiro atoms. The van der Waals surface area contributed by atoms with Crippen LogP contribution in [0.2, 0.25) is 0 Å². The lowest BCUT2D eigenvalue weighted by atomic mass is 10.0. The molecule has 1 aliphatic rings. The molecule has 0 N–H and O–H groups in total. The van der Waals surface area contributed by atoms with E-state index < -0.39 is 0 Å². The Labute approximate surface area is 62.4 Å². The Kier molecular flexibility index (Phi) is 2.05. The first kappa shape index (κ1) is 7.26. The van der Waals surface area contributed by atoms with Gasteiger partial charge in [0.1, 0.15) is 5.57 Å². The Morgan fingerprint density at radius 3 is 2.70 bits per heavy atom. The molecule has 10 heavy (non-hydrogen) atoms. The lowest BCUT2D eigenvalue weighted by Crippen LogP contribution is -1.98. The van der Waals surface area contributed by atoms with Crippen LogP contribution in [-0.2, 0) is 4.74 Å². The third-order valence-corrected chi connectivity index (χ3v) is 1.68. The van der Waals surface area contributed by atoms with Crippen molar-refractivity contribution in [2.75, 3.05) is 7.11 Å². The van der Waals surface area contributed by atoms with Crippen molar-refractivity contribution in [2.45, 2.75) is 20.3 Å². The number of ether oxygens (including phenoxy) is 1. The molecule has 0 atom stereocenters. The average Bonchev–Trinajstić information content (AvgIpc) is 1.88. The van der Waals surface area contributed by atoms with Crippen LogP contribution < -0.4 is 0 Å². The zero-order valence-corrected chi connectivity index (χ0v) is 6.77. The number of methoxy groups -OCH3 is 1. The maximum Gasteiger partial charge on any atom is 0.283 e. The summed E-state index contributed by atoms with van der Waals surface area (Å²) in [6, 6.07) is 0. The fraction of sp³-hybridized carbons (Fsp3) is 0.444. The molecule has 1 nitrogen and oxygen atoms in total. The summed E-state index contributed by atoms with van der Waals surface area (Å²) in [5.41, 5.74) is 2.63. The van der Waals surface area contributed by atoms with E-state index in [0.29, 0.717) is 0 Å². The Bertz CT molecular complexity index is 187. The molecule has 0 radical (unpaired) electrons. The van der Waals surface area contributed by atoms with Crippen molar-refractivity contribution in [1.29, 1.82) is 0 Å². The van der Waals surface area contributed by atoms with Crippen LogP contribution in [0.5, 0.6) is 0 Å². The Balaban J connectivity index is 2.80. The van der Waals surface area contributed by atoms with Crippen molar-refractivity contribution in [3.05, 3.63) is 29.4 Å². The van der Waals surface area contributed by atoms with Gasteiger partial charge in [0.2, 0.25) is 0 Å². The monoisotopic (exact) mass is 137 g/mol. The highest BCUT2D eigenvalue weighted by Gasteiger charge is 2.17. The Hall–Kier alpha value is -0.850. The topological polar surface area (TPSA) is 9.23 Å². The van der Waals surface area contributed by atoms with Crippen LogP contribution in [0.3, 0.4) is 0 Å². The van der Waals surface area contributed by atoms with Gasteiger partial charge in [-0.3, -0.25) is 0 Å². The van der Waals surface area contributed by atoms with Gasteiger partial charge >= 0.3 is 0 Å². The summed E-state index contributed by atoms with van der Waals surface area (Å²) in [6.45, 7) is 4.20. The van der Waals surface area contributed by atoms with E-state index in [1.54, 1.807) is 7.11 Å². The number of hydrogen-bond acceptors (Lipinski definition) is 1. The zero-order valence-electron chi connectivity index (χ0n) is 6.77. The van der Waals surface area contributed by atoms with E-state index in [1.807, 2.05) is 0 Å². The molecule has 0 bridgehead atoms. The zero-order chi connectivity index (χ0) is 7.56. The highest BCUT2D eigenvalue weighted by Crippen LogP contribution is 2.22. The second kappa shape index (κ2) is 2.82. The summed E-state index contributed by atoms with van der Waals surface area (Å²) in [5.74, 6) is 1.02. The minimum atomic E-state index is 1.02. The van der Waals surface area contributed by atoms with Crippen molar-refractivity contribution >= 4 is 0 Å². The lowest BCUT2D eigenvalue weighted by molar-refractivity contribution is 0.293. The van der Waals surface area contributed by atoms with Gasteiger partial charge in [-0.25, -0.2) is 0 Å². The van der Waals surface area contributed by atoms with Gasteiger partial charge < -0.3 is 4.74 Å². The van der Waals surface area contributed by atoms with Crippen molar-refractivity contribution in [1.82, 2.24) is 0 Å². The molecule has 1 heteroatoms. The van der Waals surface area contributed by atoms with Gasteiger partial charge in [0.25, 0.3) is 5.76 Å². The van der Waals surface area contributed by atoms with Crippen LogP contribution in [-0.4, -0.2) is 7.11 Å². The van der Waals surface area contributed by atoms with Crippen LogP contribution in [0.15, 0.2) is 23.0 Å². The minimum absolute atomic E-state index is 1.02. The average molecular weight is 137 g/mol. The number of hydrogen-bond donors (Lipinski definition) is 0. The summed E-state index contributed by atoms with van der Waals surface area (Å²) >= 11 is 0. The first-order chi connectivity index (χ1) is 4.74. The van der Waals surface area contributed by atoms with Crippen LogP contribution in [0, 0.1) is 6.42 Å². The maximum atomic E-state index is 5.13. The highest BCUT2D eigenvalue weighted by atomic mass is 16.5. The van der Waals surface area contributed by atoms with Gasteiger partial charge in [-0.15, -0.1) is 0 Å². The molecule has 0 saturated carbocycles. The second-order valence-electron chi connectivity index (χ2n) is 2.65. The fourth-order valence-corrected chi connectivity index (χ4v) is 1.16. The van der Waals surface area contributed by atoms with Crippen molar-refractivity contribution in [3.8, 4) is 0 Å². The molecule has 1 aliphatic carbocycles. The summed E-state index contributed by atoms with van der Waals surface area (Å²) in [7, 11) is 1.71. The van der Waals surface area contributed by atoms with Gasteiger partial charge in [0, 0.05) is 13.0 Å². The molecule has 0 saturated heterocycles. The Morgan fingerprint density at radius 1 is 1.50 bits per heavy atom. The van der Waals surface area contributed by atoms with Crippen LogP contribution in [0.1, 0.15) is 20.3 Å². The molecular formula is C9H13O+. The van der Waals surface area contributed by atoms with E-state index in [1.165, 1.54) is 11.1 Å². The van der Waals surface area contributed by atoms with E-state index in [0.717, 1.165) is 12.2 Å². The van der Waals surface area contributed by atoms with E-state index in [4.69, 9.17) is 4.74 Å². The van der Waals surface area contributed by atoms with E-state index in [9.17, 15) is 0 Å². The first-order valence-electron chi connectivity index (χ1n) is 3.49. The summed E-state index contributed by atoms with van der Waals surface area (Å²) in [4.78, 5) is 0. The van der Waals surface area contributed by atoms with Crippen LogP contribution in [0.4, 0.5) is 0 Å². The first-order valence-corrected chi connectivity index (χ1v) is 3.49. The predicted octanol–water partition coefficient (Wildman–Crippen LogP) is 2.46. The molecule has 0 aromatic heterocycles. The van der Waals surface area contributed by atoms with Gasteiger partial charge in [-0.05, 0) is 12.5 Å². The van der Waals surface area contributed by atoms with E-state index >= 15 is 0 Å². The SMILES string of the molecule is COC1=C(C)C=C(C)C[CH+]1. The number of allylic oxidation sites excluding steroid dienone is 4. The summed E-state index contributed by atoms with van der Waals surface area (Å²) < 4.78 is 5.13. The molecule has 1 rings (SSSR count). The van der Waals surface area contributed by atoms with Crippen molar-refractivity contribution in [2.24, 2.45) is 0 Å². The highest BCUT2D eigenvalue weighted by molar-refractivity contribution is 5.33. The normalized spacial score (nSPS) is 18.1. The molecular weight excluding hydrogens is 124 g/mol. The Morgan fingerprint density at radius 2 is 2.20 bits per heavy atom. The van der Waals surface area contributed by atoms with Gasteiger partial charge in [0.15, 0.2) is 0 Å². The van der Waals surface area contributed by atoms with Crippen LogP contribution >= 0.6 is 0 Å². The second-order valence-corrected chi connectivity index (χ2v) is 2.65. The molecule has 0 fully saturated rings. The molecule has 54 valence electrons. The fourth-order valence-electron chi connectivity index (χ4n) is 1.16. The van der Waals surface area contributed by atoms with Gasteiger partial charge in [0.05, 0.1) is 20.0 Å². The van der Waals surface area contributed by atoms with Gasteiger partial charge in [-0.2, -0.15) is 0 Å². The summed E-state index contributed by atoms with van der Waals surface area (Å²) in [6.07, 6.45) is 5.31.